The standard InChI is InChI=1S/C50H33IN4O2S/c56-58(57)46-20-8-7-17-41(46)42-19-10-18-39(47(42)58)37-15-9-16-38(29-37)55-44-26-25-36(30-43(44)40-27-28-51-31-45(40)55)32-21-23-35(24-22-32)50-53-48(33-11-3-1-4-12-33)52-49(54-50)34-13-5-2-6-14-34/h1-31,48H,(H,52,53,54). The number of benzene rings is 7. The summed E-state index contributed by atoms with van der Waals surface area (Å²) in [4.78, 5) is 10.7. The van der Waals surface area contributed by atoms with E-state index in [1.807, 2.05) is 91.0 Å². The van der Waals surface area contributed by atoms with Gasteiger partial charge in [-0.05, 0) is 66.8 Å². The second-order valence-electron chi connectivity index (χ2n) is 14.4. The molecule has 0 amide bonds. The monoisotopic (exact) mass is 880 g/mol. The van der Waals surface area contributed by atoms with Crippen LogP contribution in [-0.2, 0) is 9.84 Å². The summed E-state index contributed by atoms with van der Waals surface area (Å²) in [6, 6.07) is 57.0. The van der Waals surface area contributed by atoms with Crippen molar-refractivity contribution in [2.24, 2.45) is 9.98 Å². The molecule has 58 heavy (non-hydrogen) atoms. The molecule has 6 nitrogen and oxygen atoms in total. The molecule has 0 radical (unpaired) electrons. The van der Waals surface area contributed by atoms with Gasteiger partial charge in [-0.25, -0.2) is 18.4 Å². The topological polar surface area (TPSA) is 75.8 Å². The quantitative estimate of drug-likeness (QED) is 0.169. The van der Waals surface area contributed by atoms with Gasteiger partial charge in [0, 0.05) is 44.5 Å². The van der Waals surface area contributed by atoms with E-state index >= 15 is 0 Å². The van der Waals surface area contributed by atoms with E-state index in [0.29, 0.717) is 15.6 Å². The fourth-order valence-electron chi connectivity index (χ4n) is 8.32. The number of amidine groups is 2. The van der Waals surface area contributed by atoms with E-state index in [2.05, 4.69) is 90.8 Å². The predicted octanol–water partition coefficient (Wildman–Crippen LogP) is 11.4. The molecule has 8 aromatic rings. The Labute approximate surface area is 346 Å². The lowest BCUT2D eigenvalue weighted by atomic mass is 9.99. The summed E-state index contributed by atoms with van der Waals surface area (Å²) >= 11 is -0.249. The molecular formula is C50H33IN4O2S. The molecule has 7 aromatic carbocycles. The van der Waals surface area contributed by atoms with E-state index in [0.717, 1.165) is 67.1 Å². The van der Waals surface area contributed by atoms with E-state index in [4.69, 9.17) is 9.98 Å². The summed E-state index contributed by atoms with van der Waals surface area (Å²) < 4.78 is 34.8. The number of sulfone groups is 1. The zero-order valence-corrected chi connectivity index (χ0v) is 33.9. The number of nitrogens with one attached hydrogen (secondary N) is 1. The van der Waals surface area contributed by atoms with Crippen LogP contribution in [0.15, 0.2) is 194 Å². The summed E-state index contributed by atoms with van der Waals surface area (Å²) in [6.45, 7) is 0. The molecule has 1 atom stereocenters. The maximum absolute atomic E-state index is 13.9. The highest BCUT2D eigenvalue weighted by Crippen LogP contribution is 2.47. The lowest BCUT2D eigenvalue weighted by Crippen LogP contribution is -2.33. The van der Waals surface area contributed by atoms with Crippen LogP contribution >= 0.6 is 20.7 Å². The van der Waals surface area contributed by atoms with Gasteiger partial charge in [0.25, 0.3) is 0 Å². The van der Waals surface area contributed by atoms with Crippen molar-refractivity contribution in [3.8, 4) is 39.1 Å². The Morgan fingerprint density at radius 1 is 0.603 bits per heavy atom. The lowest BCUT2D eigenvalue weighted by Gasteiger charge is -2.23. The molecule has 0 saturated carbocycles. The number of hydrogen-bond donors (Lipinski definition) is 1. The number of fused-ring (bicyclic) bond motifs is 6. The van der Waals surface area contributed by atoms with Gasteiger partial charge >= 0.3 is 0 Å². The number of rotatable bonds is 6. The molecule has 0 fully saturated rings. The second-order valence-corrected chi connectivity index (χ2v) is 18.4. The van der Waals surface area contributed by atoms with Crippen LogP contribution in [0.3, 0.4) is 0 Å². The molecule has 1 aromatic heterocycles. The first kappa shape index (κ1) is 34.7. The fraction of sp³-hybridized carbons (Fsp3) is 0.0200. The third-order valence-electron chi connectivity index (χ3n) is 11.1. The summed E-state index contributed by atoms with van der Waals surface area (Å²) in [7, 11) is -3.66. The van der Waals surface area contributed by atoms with Crippen LogP contribution in [0, 0.1) is 0 Å². The smallest absolute Gasteiger partial charge is 0.208 e. The first-order chi connectivity index (χ1) is 28.5. The van der Waals surface area contributed by atoms with Crippen LogP contribution in [0.1, 0.15) is 34.1 Å². The molecule has 0 spiro atoms. The van der Waals surface area contributed by atoms with E-state index < -0.39 is 9.84 Å². The van der Waals surface area contributed by atoms with Gasteiger partial charge in [-0.2, -0.15) is 0 Å². The highest BCUT2D eigenvalue weighted by atomic mass is 127. The highest BCUT2D eigenvalue weighted by Gasteiger charge is 2.35. The van der Waals surface area contributed by atoms with Crippen molar-refractivity contribution in [2.75, 3.05) is 0 Å². The molecule has 0 bridgehead atoms. The highest BCUT2D eigenvalue weighted by molar-refractivity contribution is 14.2. The molecule has 11 rings (SSSR count). The molecule has 1 N–H and O–H groups in total. The summed E-state index contributed by atoms with van der Waals surface area (Å²) in [5, 5.41) is 4.75. The fourth-order valence-corrected chi connectivity index (χ4v) is 11.9. The molecule has 3 aliphatic heterocycles. The Hall–Kier alpha value is -6.49. The van der Waals surface area contributed by atoms with Crippen molar-refractivity contribution in [2.45, 2.75) is 16.0 Å². The molecule has 0 saturated heterocycles. The van der Waals surface area contributed by atoms with Crippen molar-refractivity contribution in [1.82, 2.24) is 9.88 Å². The van der Waals surface area contributed by atoms with Gasteiger partial charge in [0.1, 0.15) is 12.0 Å². The number of aliphatic imine (C=N–C) groups is 2. The lowest BCUT2D eigenvalue weighted by molar-refractivity contribution is 0.599. The first-order valence-corrected chi connectivity index (χ1v) is 23.0. The Morgan fingerprint density at radius 2 is 1.29 bits per heavy atom. The van der Waals surface area contributed by atoms with Crippen molar-refractivity contribution < 1.29 is 8.42 Å². The summed E-state index contributed by atoms with van der Waals surface area (Å²) in [5.41, 5.74) is 12.9. The van der Waals surface area contributed by atoms with Crippen molar-refractivity contribution in [3.63, 3.8) is 0 Å². The van der Waals surface area contributed by atoms with Crippen LogP contribution in [0.5, 0.6) is 0 Å². The molecule has 8 heteroatoms. The molecule has 3 aliphatic rings. The number of aromatic nitrogens is 1. The third-order valence-corrected chi connectivity index (χ3v) is 14.7. The van der Waals surface area contributed by atoms with Gasteiger partial charge in [0.05, 0.1) is 21.0 Å². The second kappa shape index (κ2) is 13.9. The van der Waals surface area contributed by atoms with E-state index in [1.165, 1.54) is 16.6 Å². The Balaban J connectivity index is 0.957. The van der Waals surface area contributed by atoms with E-state index in [1.54, 1.807) is 12.1 Å². The normalized spacial score (nSPS) is 16.0. The van der Waals surface area contributed by atoms with Gasteiger partial charge in [0.15, 0.2) is 5.84 Å². The van der Waals surface area contributed by atoms with Gasteiger partial charge in [-0.3, -0.25) is 0 Å². The molecular weight excluding hydrogens is 848 g/mol. The summed E-state index contributed by atoms with van der Waals surface area (Å²) in [6.07, 6.45) is 2.02. The van der Waals surface area contributed by atoms with Gasteiger partial charge in [-0.15, -0.1) is 0 Å². The molecule has 0 aliphatic carbocycles. The maximum atomic E-state index is 13.9. The molecule has 4 heterocycles. The molecule has 278 valence electrons. The minimum atomic E-state index is -3.66. The van der Waals surface area contributed by atoms with Crippen molar-refractivity contribution in [1.29, 1.82) is 0 Å². The maximum Gasteiger partial charge on any atom is 0.208 e. The van der Waals surface area contributed by atoms with Crippen molar-refractivity contribution in [3.05, 3.63) is 202 Å². The Kier molecular flexibility index (Phi) is 8.30. The number of halogens is 1. The van der Waals surface area contributed by atoms with E-state index in [-0.39, 0.29) is 26.9 Å². The predicted molar refractivity (Wildman–Crippen MR) is 245 cm³/mol. The zero-order chi connectivity index (χ0) is 38.8. The minimum absolute atomic E-state index is 0.249. The van der Waals surface area contributed by atoms with Crippen LogP contribution in [0.25, 0.3) is 56.0 Å². The van der Waals surface area contributed by atoms with Crippen molar-refractivity contribution >= 4 is 63.2 Å². The Morgan fingerprint density at radius 3 is 2.14 bits per heavy atom. The van der Waals surface area contributed by atoms with Crippen LogP contribution < -0.4 is 5.32 Å². The third kappa shape index (κ3) is 5.74. The number of nitrogens with zero attached hydrogens (tertiary/aromatic N) is 3. The van der Waals surface area contributed by atoms with Gasteiger partial charge < -0.3 is 9.88 Å². The molecule has 1 unspecified atom stereocenters. The van der Waals surface area contributed by atoms with Crippen LogP contribution in [-0.4, -0.2) is 28.7 Å². The zero-order valence-electron chi connectivity index (χ0n) is 30.9. The SMILES string of the molecule is O=S1(=O)c2ccccc2-c2cccc(-c3cccc(-n4c5c(c6cc(-c7ccc(C8=NC(c9ccccc9)=NC(c9ccccc9)N8)cc7)ccc64)C=CI=C5)c3)c21. The van der Waals surface area contributed by atoms with Crippen LogP contribution in [0.4, 0.5) is 0 Å². The average molecular weight is 881 g/mol. The summed E-state index contributed by atoms with van der Waals surface area (Å²) in [5.74, 6) is 1.48. The van der Waals surface area contributed by atoms with Crippen LogP contribution in [0.2, 0.25) is 0 Å². The average Bonchev–Trinajstić information content (AvgIpc) is 3.75. The van der Waals surface area contributed by atoms with E-state index in [9.17, 15) is 8.42 Å². The minimum Gasteiger partial charge on any atom is -0.344 e. The van der Waals surface area contributed by atoms with Gasteiger partial charge in [0.2, 0.25) is 9.84 Å². The Bertz CT molecular complexity index is 3200. The first-order valence-electron chi connectivity index (χ1n) is 19.0. The largest absolute Gasteiger partial charge is 0.344 e. The van der Waals surface area contributed by atoms with Gasteiger partial charge in [-0.1, -0.05) is 160 Å². The number of hydrogen-bond acceptors (Lipinski definition) is 5.